The van der Waals surface area contributed by atoms with E-state index in [1.807, 2.05) is 18.2 Å². The fourth-order valence-corrected chi connectivity index (χ4v) is 2.70. The van der Waals surface area contributed by atoms with Gasteiger partial charge in [-0.3, -0.25) is 0 Å². The number of ether oxygens (including phenoxy) is 1. The van der Waals surface area contributed by atoms with Crippen molar-refractivity contribution >= 4 is 11.6 Å². The lowest BCUT2D eigenvalue weighted by Crippen LogP contribution is -2.19. The van der Waals surface area contributed by atoms with E-state index in [2.05, 4.69) is 6.07 Å². The predicted molar refractivity (Wildman–Crippen MR) is 74.3 cm³/mol. The maximum Gasteiger partial charge on any atom is 0.126 e. The maximum absolute atomic E-state index is 13.3. The summed E-state index contributed by atoms with van der Waals surface area (Å²) in [4.78, 5) is 0. The van der Waals surface area contributed by atoms with Crippen molar-refractivity contribution in [2.75, 3.05) is 0 Å². The molecule has 0 amide bonds. The number of alkyl halides is 1. The van der Waals surface area contributed by atoms with Gasteiger partial charge in [-0.1, -0.05) is 30.3 Å². The van der Waals surface area contributed by atoms with E-state index in [0.717, 1.165) is 17.7 Å². The molecule has 0 saturated heterocycles. The van der Waals surface area contributed by atoms with Gasteiger partial charge in [-0.2, -0.15) is 0 Å². The average Bonchev–Trinajstić information content (AvgIpc) is 2.85. The summed E-state index contributed by atoms with van der Waals surface area (Å²) in [5.41, 5.74) is 2.69. The van der Waals surface area contributed by atoms with Crippen LogP contribution in [-0.4, -0.2) is 6.10 Å². The molecule has 3 rings (SSSR count). The predicted octanol–water partition coefficient (Wildman–Crippen LogP) is 4.42. The van der Waals surface area contributed by atoms with Crippen LogP contribution in [0.25, 0.3) is 0 Å². The summed E-state index contributed by atoms with van der Waals surface area (Å²) in [7, 11) is 0. The standard InChI is InChI=1S/C16H14ClFO/c1-10-8-12(6-7-13(10)18)16(17)15-9-11-4-2-3-5-14(11)19-15/h2-8,15-16H,9H2,1H3. The van der Waals surface area contributed by atoms with Crippen LogP contribution in [0.5, 0.6) is 5.75 Å². The molecule has 98 valence electrons. The molecule has 1 aliphatic rings. The number of benzene rings is 2. The normalized spacial score (nSPS) is 18.8. The minimum Gasteiger partial charge on any atom is -0.488 e. The summed E-state index contributed by atoms with van der Waals surface area (Å²) in [5.74, 6) is 0.695. The second-order valence-electron chi connectivity index (χ2n) is 4.88. The molecule has 0 radical (unpaired) electrons. The van der Waals surface area contributed by atoms with Gasteiger partial charge >= 0.3 is 0 Å². The molecule has 0 bridgehead atoms. The van der Waals surface area contributed by atoms with Crippen molar-refractivity contribution in [3.63, 3.8) is 0 Å². The van der Waals surface area contributed by atoms with Gasteiger partial charge in [-0.05, 0) is 35.7 Å². The summed E-state index contributed by atoms with van der Waals surface area (Å²) in [6, 6.07) is 12.9. The first kappa shape index (κ1) is 12.5. The van der Waals surface area contributed by atoms with E-state index < -0.39 is 0 Å². The van der Waals surface area contributed by atoms with Gasteiger partial charge in [-0.25, -0.2) is 4.39 Å². The Morgan fingerprint density at radius 2 is 2.05 bits per heavy atom. The highest BCUT2D eigenvalue weighted by atomic mass is 35.5. The quantitative estimate of drug-likeness (QED) is 0.738. The highest BCUT2D eigenvalue weighted by Crippen LogP contribution is 2.37. The average molecular weight is 277 g/mol. The molecule has 0 saturated carbocycles. The van der Waals surface area contributed by atoms with Gasteiger partial charge in [0.25, 0.3) is 0 Å². The van der Waals surface area contributed by atoms with Crippen LogP contribution >= 0.6 is 11.6 Å². The summed E-state index contributed by atoms with van der Waals surface area (Å²) in [5, 5.41) is -0.272. The van der Waals surface area contributed by atoms with Gasteiger partial charge in [-0.15, -0.1) is 11.6 Å². The molecular formula is C16H14ClFO. The number of aryl methyl sites for hydroxylation is 1. The van der Waals surface area contributed by atoms with E-state index in [1.165, 1.54) is 11.6 Å². The molecular weight excluding hydrogens is 263 g/mol. The van der Waals surface area contributed by atoms with E-state index in [9.17, 15) is 4.39 Å². The monoisotopic (exact) mass is 276 g/mol. The summed E-state index contributed by atoms with van der Waals surface area (Å²) in [6.07, 6.45) is 0.699. The van der Waals surface area contributed by atoms with Crippen molar-refractivity contribution in [2.45, 2.75) is 24.8 Å². The van der Waals surface area contributed by atoms with Crippen LogP contribution in [0.3, 0.4) is 0 Å². The van der Waals surface area contributed by atoms with Gasteiger partial charge in [0.15, 0.2) is 0 Å². The van der Waals surface area contributed by atoms with Crippen molar-refractivity contribution in [2.24, 2.45) is 0 Å². The Hall–Kier alpha value is -1.54. The van der Waals surface area contributed by atoms with Crippen molar-refractivity contribution in [3.05, 3.63) is 65.0 Å². The molecule has 0 fully saturated rings. The largest absolute Gasteiger partial charge is 0.488 e. The van der Waals surface area contributed by atoms with Crippen molar-refractivity contribution in [3.8, 4) is 5.75 Å². The first-order valence-corrected chi connectivity index (χ1v) is 6.73. The van der Waals surface area contributed by atoms with Crippen LogP contribution in [0.1, 0.15) is 22.1 Å². The van der Waals surface area contributed by atoms with Crippen molar-refractivity contribution in [1.82, 2.24) is 0 Å². The Bertz CT molecular complexity index is 586. The Balaban J connectivity index is 1.82. The summed E-state index contributed by atoms with van der Waals surface area (Å²) < 4.78 is 19.1. The molecule has 1 heterocycles. The molecule has 0 aromatic heterocycles. The first-order valence-electron chi connectivity index (χ1n) is 6.30. The van der Waals surface area contributed by atoms with Crippen LogP contribution in [0.15, 0.2) is 42.5 Å². The summed E-state index contributed by atoms with van der Waals surface area (Å²) >= 11 is 6.48. The highest BCUT2D eigenvalue weighted by Gasteiger charge is 2.30. The number of fused-ring (bicyclic) bond motifs is 1. The molecule has 2 aromatic rings. The fourth-order valence-electron chi connectivity index (χ4n) is 2.43. The minimum absolute atomic E-state index is 0.0936. The zero-order valence-corrected chi connectivity index (χ0v) is 11.3. The maximum atomic E-state index is 13.3. The van der Waals surface area contributed by atoms with Crippen LogP contribution in [0, 0.1) is 12.7 Å². The zero-order chi connectivity index (χ0) is 13.4. The van der Waals surface area contributed by atoms with Crippen LogP contribution in [0.2, 0.25) is 0 Å². The molecule has 2 atom stereocenters. The molecule has 3 heteroatoms. The Morgan fingerprint density at radius 1 is 1.26 bits per heavy atom. The lowest BCUT2D eigenvalue weighted by molar-refractivity contribution is 0.227. The minimum atomic E-state index is -0.272. The smallest absolute Gasteiger partial charge is 0.126 e. The molecule has 0 N–H and O–H groups in total. The van der Waals surface area contributed by atoms with E-state index >= 15 is 0 Å². The lowest BCUT2D eigenvalue weighted by Gasteiger charge is -2.18. The van der Waals surface area contributed by atoms with Crippen LogP contribution in [-0.2, 0) is 6.42 Å². The molecule has 0 spiro atoms. The van der Waals surface area contributed by atoms with Gasteiger partial charge in [0.2, 0.25) is 0 Å². The molecule has 2 aromatic carbocycles. The molecule has 1 nitrogen and oxygen atoms in total. The van der Waals surface area contributed by atoms with E-state index in [0.29, 0.717) is 5.56 Å². The Labute approximate surface area is 117 Å². The van der Waals surface area contributed by atoms with Gasteiger partial charge < -0.3 is 4.74 Å². The van der Waals surface area contributed by atoms with E-state index in [4.69, 9.17) is 16.3 Å². The van der Waals surface area contributed by atoms with Gasteiger partial charge in [0.1, 0.15) is 17.7 Å². The highest BCUT2D eigenvalue weighted by molar-refractivity contribution is 6.21. The number of para-hydroxylation sites is 1. The fraction of sp³-hybridized carbons (Fsp3) is 0.250. The first-order chi connectivity index (χ1) is 9.15. The molecule has 1 aliphatic heterocycles. The van der Waals surface area contributed by atoms with Crippen LogP contribution < -0.4 is 4.74 Å². The number of hydrogen-bond acceptors (Lipinski definition) is 1. The zero-order valence-electron chi connectivity index (χ0n) is 10.6. The second-order valence-corrected chi connectivity index (χ2v) is 5.35. The second kappa shape index (κ2) is 4.86. The molecule has 19 heavy (non-hydrogen) atoms. The van der Waals surface area contributed by atoms with Crippen LogP contribution in [0.4, 0.5) is 4.39 Å². The van der Waals surface area contributed by atoms with Crippen molar-refractivity contribution < 1.29 is 9.13 Å². The summed E-state index contributed by atoms with van der Waals surface area (Å²) in [6.45, 7) is 1.74. The van der Waals surface area contributed by atoms with Gasteiger partial charge in [0, 0.05) is 6.42 Å². The third-order valence-electron chi connectivity index (χ3n) is 3.50. The molecule has 2 unspecified atom stereocenters. The third-order valence-corrected chi connectivity index (χ3v) is 4.03. The molecule has 0 aliphatic carbocycles. The van der Waals surface area contributed by atoms with Gasteiger partial charge in [0.05, 0.1) is 5.38 Å². The van der Waals surface area contributed by atoms with E-state index in [-0.39, 0.29) is 17.3 Å². The Morgan fingerprint density at radius 3 is 2.79 bits per heavy atom. The SMILES string of the molecule is Cc1cc(C(Cl)C2Cc3ccccc3O2)ccc1F. The van der Waals surface area contributed by atoms with Crippen molar-refractivity contribution in [1.29, 1.82) is 0 Å². The number of hydrogen-bond donors (Lipinski definition) is 0. The third kappa shape index (κ3) is 2.33. The lowest BCUT2D eigenvalue weighted by atomic mass is 10.0. The topological polar surface area (TPSA) is 9.23 Å². The van der Waals surface area contributed by atoms with E-state index in [1.54, 1.807) is 19.1 Å². The number of halogens is 2. The number of rotatable bonds is 2. The Kier molecular flexibility index (Phi) is 3.19.